The second-order valence-corrected chi connectivity index (χ2v) is 7.13. The van der Waals surface area contributed by atoms with Gasteiger partial charge in [0.2, 0.25) is 5.95 Å². The van der Waals surface area contributed by atoms with Crippen molar-refractivity contribution in [3.8, 4) is 0 Å². The number of rotatable bonds is 5. The molecule has 1 aliphatic rings. The van der Waals surface area contributed by atoms with Crippen LogP contribution in [0.3, 0.4) is 0 Å². The lowest BCUT2D eigenvalue weighted by atomic mass is 9.86. The molecule has 1 fully saturated rings. The van der Waals surface area contributed by atoms with Gasteiger partial charge in [-0.15, -0.1) is 12.4 Å². The highest BCUT2D eigenvalue weighted by Gasteiger charge is 2.34. The van der Waals surface area contributed by atoms with E-state index in [0.717, 1.165) is 43.9 Å². The summed E-state index contributed by atoms with van der Waals surface area (Å²) in [6.45, 7) is 5.01. The molecule has 7 nitrogen and oxygen atoms in total. The lowest BCUT2D eigenvalue weighted by Gasteiger charge is -2.30. The molecule has 0 amide bonds. The van der Waals surface area contributed by atoms with Crippen LogP contribution in [0.5, 0.6) is 0 Å². The highest BCUT2D eigenvalue weighted by molar-refractivity contribution is 5.85. The van der Waals surface area contributed by atoms with Crippen molar-refractivity contribution in [3.63, 3.8) is 0 Å². The highest BCUT2D eigenvalue weighted by atomic mass is 35.5. The standard InChI is InChI=1S/C18H23F3N6O.ClH/c1-11-24-9-13(15(26-11)12-3-6-22-7-4-12)17(2,28)10-25-16-23-8-5-14(27-16)18(19,20)21;/h5,8-9,12,22,28H,3-4,6-7,10H2,1-2H3,(H,23,25,27);1H. The largest absolute Gasteiger partial charge is 0.433 e. The Morgan fingerprint density at radius 2 is 1.90 bits per heavy atom. The second kappa shape index (κ2) is 9.19. The van der Waals surface area contributed by atoms with E-state index < -0.39 is 17.5 Å². The Labute approximate surface area is 173 Å². The average molecular weight is 433 g/mol. The molecule has 0 bridgehead atoms. The fourth-order valence-corrected chi connectivity index (χ4v) is 3.26. The fraction of sp³-hybridized carbons (Fsp3) is 0.556. The van der Waals surface area contributed by atoms with E-state index in [0.29, 0.717) is 11.4 Å². The minimum atomic E-state index is -4.56. The van der Waals surface area contributed by atoms with Crippen LogP contribution in [0, 0.1) is 6.92 Å². The molecule has 0 radical (unpaired) electrons. The number of anilines is 1. The summed E-state index contributed by atoms with van der Waals surface area (Å²) in [6, 6.07) is 0.798. The molecule has 2 aromatic heterocycles. The second-order valence-electron chi connectivity index (χ2n) is 7.13. The van der Waals surface area contributed by atoms with E-state index in [1.165, 1.54) is 0 Å². The molecule has 160 valence electrons. The first kappa shape index (κ1) is 23.2. The van der Waals surface area contributed by atoms with Crippen LogP contribution in [0.4, 0.5) is 19.1 Å². The van der Waals surface area contributed by atoms with Crippen molar-refractivity contribution in [2.45, 2.75) is 44.4 Å². The summed E-state index contributed by atoms with van der Waals surface area (Å²) in [6.07, 6.45) is -0.154. The summed E-state index contributed by atoms with van der Waals surface area (Å²) in [5, 5.41) is 17.0. The molecule has 29 heavy (non-hydrogen) atoms. The van der Waals surface area contributed by atoms with E-state index >= 15 is 0 Å². The van der Waals surface area contributed by atoms with Crippen molar-refractivity contribution < 1.29 is 18.3 Å². The molecule has 0 aliphatic carbocycles. The Kier molecular flexibility index (Phi) is 7.36. The maximum absolute atomic E-state index is 12.8. The minimum Gasteiger partial charge on any atom is -0.383 e. The van der Waals surface area contributed by atoms with Crippen molar-refractivity contribution in [1.82, 2.24) is 25.3 Å². The monoisotopic (exact) mass is 432 g/mol. The maximum Gasteiger partial charge on any atom is 0.433 e. The first-order valence-electron chi connectivity index (χ1n) is 9.08. The van der Waals surface area contributed by atoms with Crippen LogP contribution in [0.15, 0.2) is 18.5 Å². The van der Waals surface area contributed by atoms with Gasteiger partial charge in [0.25, 0.3) is 0 Å². The van der Waals surface area contributed by atoms with Crippen molar-refractivity contribution in [1.29, 1.82) is 0 Å². The molecule has 0 spiro atoms. The quantitative estimate of drug-likeness (QED) is 0.668. The fourth-order valence-electron chi connectivity index (χ4n) is 3.26. The number of hydrogen-bond acceptors (Lipinski definition) is 7. The highest BCUT2D eigenvalue weighted by Crippen LogP contribution is 2.32. The van der Waals surface area contributed by atoms with E-state index in [1.54, 1.807) is 20.0 Å². The summed E-state index contributed by atoms with van der Waals surface area (Å²) < 4.78 is 38.4. The van der Waals surface area contributed by atoms with E-state index in [9.17, 15) is 18.3 Å². The molecule has 1 atom stereocenters. The Morgan fingerprint density at radius 1 is 1.21 bits per heavy atom. The zero-order chi connectivity index (χ0) is 20.4. The Morgan fingerprint density at radius 3 is 2.55 bits per heavy atom. The van der Waals surface area contributed by atoms with Crippen LogP contribution in [0.2, 0.25) is 0 Å². The maximum atomic E-state index is 12.8. The number of halogens is 4. The van der Waals surface area contributed by atoms with Gasteiger partial charge in [0.15, 0.2) is 0 Å². The summed E-state index contributed by atoms with van der Waals surface area (Å²) >= 11 is 0. The molecule has 2 aromatic rings. The van der Waals surface area contributed by atoms with Gasteiger partial charge in [-0.2, -0.15) is 13.2 Å². The zero-order valence-electron chi connectivity index (χ0n) is 16.1. The Balaban J connectivity index is 0.00000300. The number of aliphatic hydroxyl groups is 1. The van der Waals surface area contributed by atoms with Crippen LogP contribution < -0.4 is 10.6 Å². The first-order valence-corrected chi connectivity index (χ1v) is 9.08. The van der Waals surface area contributed by atoms with Gasteiger partial charge in [0, 0.05) is 23.9 Å². The summed E-state index contributed by atoms with van der Waals surface area (Å²) in [4.78, 5) is 16.0. The predicted molar refractivity (Wildman–Crippen MR) is 104 cm³/mol. The van der Waals surface area contributed by atoms with Crippen molar-refractivity contribution in [3.05, 3.63) is 41.2 Å². The third-order valence-corrected chi connectivity index (χ3v) is 4.78. The lowest BCUT2D eigenvalue weighted by Crippen LogP contribution is -2.35. The van der Waals surface area contributed by atoms with Gasteiger partial charge < -0.3 is 15.7 Å². The van der Waals surface area contributed by atoms with E-state index in [1.807, 2.05) is 0 Å². The molecule has 3 heterocycles. The third kappa shape index (κ3) is 5.74. The third-order valence-electron chi connectivity index (χ3n) is 4.78. The molecule has 1 saturated heterocycles. The number of nitrogens with zero attached hydrogens (tertiary/aromatic N) is 4. The summed E-state index contributed by atoms with van der Waals surface area (Å²) in [5.41, 5.74) is -1.11. The SMILES string of the molecule is Cc1ncc(C(C)(O)CNc2nccc(C(F)(F)F)n2)c(C2CCNCC2)n1.Cl. The minimum absolute atomic E-state index is 0. The van der Waals surface area contributed by atoms with E-state index in [-0.39, 0.29) is 30.8 Å². The topological polar surface area (TPSA) is 95.9 Å². The molecular formula is C18H24ClF3N6O. The Hall–Kier alpha value is -2.04. The van der Waals surface area contributed by atoms with Gasteiger partial charge in [-0.1, -0.05) is 0 Å². The summed E-state index contributed by atoms with van der Waals surface area (Å²) in [5.74, 6) is 0.600. The molecule has 1 unspecified atom stereocenters. The Bertz CT molecular complexity index is 827. The molecule has 1 aliphatic heterocycles. The predicted octanol–water partition coefficient (Wildman–Crippen LogP) is 2.80. The van der Waals surface area contributed by atoms with E-state index in [2.05, 4.69) is 30.6 Å². The van der Waals surface area contributed by atoms with Crippen LogP contribution in [0.1, 0.15) is 48.5 Å². The van der Waals surface area contributed by atoms with Crippen molar-refractivity contribution >= 4 is 18.4 Å². The normalized spacial score (nSPS) is 17.3. The molecule has 0 aromatic carbocycles. The van der Waals surface area contributed by atoms with Gasteiger partial charge in [-0.05, 0) is 45.8 Å². The number of aromatic nitrogens is 4. The summed E-state index contributed by atoms with van der Waals surface area (Å²) in [7, 11) is 0. The van der Waals surface area contributed by atoms with Gasteiger partial charge in [0.1, 0.15) is 17.1 Å². The van der Waals surface area contributed by atoms with Crippen LogP contribution in [-0.4, -0.2) is 44.7 Å². The number of piperidine rings is 1. The number of aryl methyl sites for hydroxylation is 1. The van der Waals surface area contributed by atoms with Crippen molar-refractivity contribution in [2.24, 2.45) is 0 Å². The smallest absolute Gasteiger partial charge is 0.383 e. The van der Waals surface area contributed by atoms with Gasteiger partial charge in [0.05, 0.1) is 12.2 Å². The molecule has 3 N–H and O–H groups in total. The lowest BCUT2D eigenvalue weighted by molar-refractivity contribution is -0.141. The van der Waals surface area contributed by atoms with Gasteiger partial charge >= 0.3 is 6.18 Å². The van der Waals surface area contributed by atoms with Crippen LogP contribution in [-0.2, 0) is 11.8 Å². The van der Waals surface area contributed by atoms with Crippen LogP contribution >= 0.6 is 12.4 Å². The molecule has 11 heteroatoms. The zero-order valence-corrected chi connectivity index (χ0v) is 16.9. The number of nitrogens with one attached hydrogen (secondary N) is 2. The van der Waals surface area contributed by atoms with E-state index in [4.69, 9.17) is 0 Å². The van der Waals surface area contributed by atoms with Crippen LogP contribution in [0.25, 0.3) is 0 Å². The number of alkyl halides is 3. The molecular weight excluding hydrogens is 409 g/mol. The van der Waals surface area contributed by atoms with Crippen molar-refractivity contribution in [2.75, 3.05) is 25.0 Å². The van der Waals surface area contributed by atoms with Gasteiger partial charge in [-0.3, -0.25) is 0 Å². The first-order chi connectivity index (χ1) is 13.2. The van der Waals surface area contributed by atoms with Gasteiger partial charge in [-0.25, -0.2) is 19.9 Å². The molecule has 0 saturated carbocycles. The number of hydrogen-bond donors (Lipinski definition) is 3. The molecule has 3 rings (SSSR count). The average Bonchev–Trinajstić information content (AvgIpc) is 2.66.